The third kappa shape index (κ3) is 2.01. The quantitative estimate of drug-likeness (QED) is 0.664. The van der Waals surface area contributed by atoms with Gasteiger partial charge in [0.15, 0.2) is 0 Å². The Kier molecular flexibility index (Phi) is 2.81. The van der Waals surface area contributed by atoms with Crippen molar-refractivity contribution in [2.75, 3.05) is 13.1 Å². The zero-order chi connectivity index (χ0) is 13.4. The predicted molar refractivity (Wildman–Crippen MR) is 68.4 cm³/mol. The van der Waals surface area contributed by atoms with Gasteiger partial charge in [0.05, 0.1) is 5.56 Å². The van der Waals surface area contributed by atoms with Gasteiger partial charge in [0, 0.05) is 30.2 Å². The lowest BCUT2D eigenvalue weighted by molar-refractivity contribution is -0.125. The number of hydrogen-bond donors (Lipinski definition) is 1. The van der Waals surface area contributed by atoms with Gasteiger partial charge < -0.3 is 9.88 Å². The number of rotatable bonds is 2. The Hall–Kier alpha value is -2.17. The fourth-order valence-electron chi connectivity index (χ4n) is 2.47. The fraction of sp³-hybridized carbons (Fsp3) is 0.286. The molecule has 2 heterocycles. The number of aromatic nitrogens is 1. The minimum atomic E-state index is -0.528. The zero-order valence-corrected chi connectivity index (χ0v) is 10.3. The van der Waals surface area contributed by atoms with E-state index in [9.17, 15) is 14.0 Å². The molecule has 98 valence electrons. The molecule has 0 radical (unpaired) electrons. The number of H-pyrrole nitrogens is 1. The summed E-state index contributed by atoms with van der Waals surface area (Å²) >= 11 is 0. The number of hydrogen-bond acceptors (Lipinski definition) is 2. The number of Topliss-reactive ketones (excluding diaryl/α,β-unsaturated/α-hetero) is 1. The van der Waals surface area contributed by atoms with Crippen molar-refractivity contribution in [3.63, 3.8) is 0 Å². The minimum absolute atomic E-state index is 0.312. The van der Waals surface area contributed by atoms with Crippen LogP contribution in [0.1, 0.15) is 23.2 Å². The SMILES string of the molecule is O=C(C(=O)N1CCCC1)c1c[nH]c2cc(F)ccc12. The van der Waals surface area contributed by atoms with Gasteiger partial charge in [-0.25, -0.2) is 4.39 Å². The monoisotopic (exact) mass is 260 g/mol. The Morgan fingerprint density at radius 3 is 2.68 bits per heavy atom. The van der Waals surface area contributed by atoms with E-state index in [1.165, 1.54) is 24.4 Å². The van der Waals surface area contributed by atoms with Crippen LogP contribution < -0.4 is 0 Å². The van der Waals surface area contributed by atoms with Crippen LogP contribution in [0.2, 0.25) is 0 Å². The van der Waals surface area contributed by atoms with E-state index < -0.39 is 11.7 Å². The summed E-state index contributed by atoms with van der Waals surface area (Å²) in [6.07, 6.45) is 3.36. The van der Waals surface area contributed by atoms with Crippen molar-refractivity contribution in [2.45, 2.75) is 12.8 Å². The standard InChI is InChI=1S/C14H13FN2O2/c15-9-3-4-10-11(8-16-12(10)7-9)13(18)14(19)17-5-1-2-6-17/h3-4,7-8,16H,1-2,5-6H2. The van der Waals surface area contributed by atoms with E-state index in [2.05, 4.69) is 4.98 Å². The normalized spacial score (nSPS) is 15.1. The van der Waals surface area contributed by atoms with E-state index in [0.29, 0.717) is 29.6 Å². The van der Waals surface area contributed by atoms with Gasteiger partial charge >= 0.3 is 0 Å². The van der Waals surface area contributed by atoms with Crippen LogP contribution in [0.25, 0.3) is 10.9 Å². The third-order valence-electron chi connectivity index (χ3n) is 3.48. The van der Waals surface area contributed by atoms with E-state index in [1.807, 2.05) is 0 Å². The predicted octanol–water partition coefficient (Wildman–Crippen LogP) is 2.11. The van der Waals surface area contributed by atoms with Crippen molar-refractivity contribution in [1.29, 1.82) is 0 Å². The number of benzene rings is 1. The van der Waals surface area contributed by atoms with E-state index in [4.69, 9.17) is 0 Å². The van der Waals surface area contributed by atoms with Gasteiger partial charge in [-0.05, 0) is 31.0 Å². The molecule has 1 fully saturated rings. The lowest BCUT2D eigenvalue weighted by Crippen LogP contribution is -2.34. The van der Waals surface area contributed by atoms with Crippen LogP contribution in [0.15, 0.2) is 24.4 Å². The first-order valence-corrected chi connectivity index (χ1v) is 6.27. The molecule has 2 aromatic rings. The maximum atomic E-state index is 13.1. The number of fused-ring (bicyclic) bond motifs is 1. The largest absolute Gasteiger partial charge is 0.360 e. The van der Waals surface area contributed by atoms with Gasteiger partial charge in [0.2, 0.25) is 0 Å². The number of halogens is 1. The number of nitrogens with one attached hydrogen (secondary N) is 1. The van der Waals surface area contributed by atoms with Crippen molar-refractivity contribution in [1.82, 2.24) is 9.88 Å². The first kappa shape index (κ1) is 11.9. The molecule has 0 bridgehead atoms. The highest BCUT2D eigenvalue weighted by Gasteiger charge is 2.27. The van der Waals surface area contributed by atoms with Crippen LogP contribution in [-0.4, -0.2) is 34.7 Å². The highest BCUT2D eigenvalue weighted by atomic mass is 19.1. The topological polar surface area (TPSA) is 53.2 Å². The van der Waals surface area contributed by atoms with Gasteiger partial charge in [-0.2, -0.15) is 0 Å². The second-order valence-corrected chi connectivity index (χ2v) is 4.72. The van der Waals surface area contributed by atoms with Crippen molar-refractivity contribution in [3.05, 3.63) is 35.8 Å². The van der Waals surface area contributed by atoms with Crippen molar-refractivity contribution < 1.29 is 14.0 Å². The Morgan fingerprint density at radius 2 is 1.95 bits per heavy atom. The molecule has 1 aliphatic rings. The number of nitrogens with zero attached hydrogens (tertiary/aromatic N) is 1. The molecule has 1 aromatic carbocycles. The number of ketones is 1. The van der Waals surface area contributed by atoms with Crippen LogP contribution in [0.5, 0.6) is 0 Å². The minimum Gasteiger partial charge on any atom is -0.360 e. The number of aromatic amines is 1. The first-order chi connectivity index (χ1) is 9.16. The van der Waals surface area contributed by atoms with E-state index in [1.54, 1.807) is 4.90 Å². The molecule has 1 aromatic heterocycles. The summed E-state index contributed by atoms with van der Waals surface area (Å²) < 4.78 is 13.1. The molecule has 1 amide bonds. The molecule has 1 N–H and O–H groups in total. The lowest BCUT2D eigenvalue weighted by Gasteiger charge is -2.13. The Bertz CT molecular complexity index is 657. The molecule has 0 aliphatic carbocycles. The zero-order valence-electron chi connectivity index (χ0n) is 10.3. The van der Waals surface area contributed by atoms with Gasteiger partial charge in [0.1, 0.15) is 5.82 Å². The molecule has 19 heavy (non-hydrogen) atoms. The highest BCUT2D eigenvalue weighted by molar-refractivity contribution is 6.44. The van der Waals surface area contributed by atoms with Crippen molar-refractivity contribution in [2.24, 2.45) is 0 Å². The van der Waals surface area contributed by atoms with Crippen molar-refractivity contribution in [3.8, 4) is 0 Å². The average molecular weight is 260 g/mol. The summed E-state index contributed by atoms with van der Waals surface area (Å²) in [7, 11) is 0. The molecule has 0 unspecified atom stereocenters. The molecule has 1 aliphatic heterocycles. The molecule has 0 spiro atoms. The van der Waals surface area contributed by atoms with E-state index in [0.717, 1.165) is 12.8 Å². The molecule has 0 saturated carbocycles. The first-order valence-electron chi connectivity index (χ1n) is 6.27. The summed E-state index contributed by atoms with van der Waals surface area (Å²) in [4.78, 5) is 28.6. The van der Waals surface area contributed by atoms with Gasteiger partial charge in [-0.15, -0.1) is 0 Å². The Morgan fingerprint density at radius 1 is 1.21 bits per heavy atom. The maximum absolute atomic E-state index is 13.1. The van der Waals surface area contributed by atoms with Crippen LogP contribution in [0.4, 0.5) is 4.39 Å². The maximum Gasteiger partial charge on any atom is 0.295 e. The number of likely N-dealkylation sites (tertiary alicyclic amines) is 1. The van der Waals surface area contributed by atoms with Crippen LogP contribution >= 0.6 is 0 Å². The highest BCUT2D eigenvalue weighted by Crippen LogP contribution is 2.21. The van der Waals surface area contributed by atoms with Crippen molar-refractivity contribution >= 4 is 22.6 Å². The second kappa shape index (κ2) is 4.50. The smallest absolute Gasteiger partial charge is 0.295 e. The van der Waals surface area contributed by atoms with Crippen LogP contribution in [0, 0.1) is 5.82 Å². The average Bonchev–Trinajstić information content (AvgIpc) is 3.05. The van der Waals surface area contributed by atoms with Gasteiger partial charge in [-0.3, -0.25) is 9.59 Å². The Balaban J connectivity index is 1.95. The molecular formula is C14H13FN2O2. The summed E-state index contributed by atoms with van der Waals surface area (Å²) in [6.45, 7) is 1.28. The summed E-state index contributed by atoms with van der Waals surface area (Å²) in [5.41, 5.74) is 0.837. The fourth-order valence-corrected chi connectivity index (χ4v) is 2.47. The molecular weight excluding hydrogens is 247 g/mol. The third-order valence-corrected chi connectivity index (χ3v) is 3.48. The summed E-state index contributed by atoms with van der Waals surface area (Å²) in [5, 5.41) is 0.582. The number of carbonyl (C=O) groups is 2. The molecule has 0 atom stereocenters. The molecule has 3 rings (SSSR count). The van der Waals surface area contributed by atoms with Gasteiger partial charge in [0.25, 0.3) is 11.7 Å². The van der Waals surface area contributed by atoms with E-state index >= 15 is 0 Å². The van der Waals surface area contributed by atoms with Crippen LogP contribution in [0.3, 0.4) is 0 Å². The molecule has 4 nitrogen and oxygen atoms in total. The number of amides is 1. The van der Waals surface area contributed by atoms with Gasteiger partial charge in [-0.1, -0.05) is 0 Å². The summed E-state index contributed by atoms with van der Waals surface area (Å²) in [5.74, 6) is -1.37. The number of carbonyl (C=O) groups excluding carboxylic acids is 2. The Labute approximate surface area is 109 Å². The second-order valence-electron chi connectivity index (χ2n) is 4.72. The van der Waals surface area contributed by atoms with Crippen LogP contribution in [-0.2, 0) is 4.79 Å². The van der Waals surface area contributed by atoms with E-state index in [-0.39, 0.29) is 5.82 Å². The molecule has 1 saturated heterocycles. The summed E-state index contributed by atoms with van der Waals surface area (Å²) in [6, 6.07) is 4.12. The lowest BCUT2D eigenvalue weighted by atomic mass is 10.1. The molecule has 5 heteroatoms.